The van der Waals surface area contributed by atoms with Crippen molar-refractivity contribution in [1.82, 2.24) is 34.5 Å². The Labute approximate surface area is 199 Å². The highest BCUT2D eigenvalue weighted by molar-refractivity contribution is 5.82. The molecular formula is C24H22F2N8O. The molecule has 4 heterocycles. The third kappa shape index (κ3) is 4.33. The van der Waals surface area contributed by atoms with Crippen LogP contribution < -0.4 is 5.32 Å². The van der Waals surface area contributed by atoms with Gasteiger partial charge in [0.15, 0.2) is 11.6 Å². The number of aromatic nitrogens is 7. The van der Waals surface area contributed by atoms with Crippen molar-refractivity contribution in [3.8, 4) is 11.6 Å². The van der Waals surface area contributed by atoms with E-state index >= 15 is 0 Å². The molecule has 0 saturated carbocycles. The second-order valence-corrected chi connectivity index (χ2v) is 8.18. The molecule has 4 aromatic heterocycles. The molecule has 9 nitrogen and oxygen atoms in total. The third-order valence-corrected chi connectivity index (χ3v) is 5.54. The Bertz CT molecular complexity index is 1510. The molecule has 0 bridgehead atoms. The second kappa shape index (κ2) is 8.84. The summed E-state index contributed by atoms with van der Waals surface area (Å²) in [6.45, 7) is 5.12. The number of benzene rings is 1. The van der Waals surface area contributed by atoms with Gasteiger partial charge >= 0.3 is 0 Å². The Balaban J connectivity index is 1.54. The molecule has 0 amide bonds. The zero-order chi connectivity index (χ0) is 24.7. The molecule has 0 aliphatic heterocycles. The molecule has 0 aliphatic carbocycles. The molecule has 1 atom stereocenters. The summed E-state index contributed by atoms with van der Waals surface area (Å²) < 4.78 is 29.6. The van der Waals surface area contributed by atoms with Crippen LogP contribution in [-0.2, 0) is 0 Å². The van der Waals surface area contributed by atoms with Crippen LogP contribution in [-0.4, -0.2) is 39.6 Å². The van der Waals surface area contributed by atoms with E-state index in [1.807, 2.05) is 37.3 Å². The summed E-state index contributed by atoms with van der Waals surface area (Å²) in [5.41, 5.74) is 3.73. The first-order valence-corrected chi connectivity index (χ1v) is 10.9. The van der Waals surface area contributed by atoms with Gasteiger partial charge in [-0.25, -0.2) is 23.4 Å². The quantitative estimate of drug-likeness (QED) is 0.364. The Morgan fingerprint density at radius 2 is 1.83 bits per heavy atom. The maximum atomic E-state index is 13.2. The van der Waals surface area contributed by atoms with Gasteiger partial charge in [0.1, 0.15) is 17.8 Å². The van der Waals surface area contributed by atoms with Crippen LogP contribution >= 0.6 is 0 Å². The molecular weight excluding hydrogens is 454 g/mol. The molecule has 5 rings (SSSR count). The highest BCUT2D eigenvalue weighted by Crippen LogP contribution is 2.27. The van der Waals surface area contributed by atoms with E-state index in [2.05, 4.69) is 30.6 Å². The number of aliphatic hydroxyl groups is 1. The first-order valence-electron chi connectivity index (χ1n) is 10.9. The van der Waals surface area contributed by atoms with Gasteiger partial charge in [0.05, 0.1) is 22.8 Å². The lowest BCUT2D eigenvalue weighted by atomic mass is 10.1. The lowest BCUT2D eigenvalue weighted by Gasteiger charge is -2.15. The van der Waals surface area contributed by atoms with E-state index in [4.69, 9.17) is 0 Å². The summed E-state index contributed by atoms with van der Waals surface area (Å²) in [6, 6.07) is 14.1. The van der Waals surface area contributed by atoms with Crippen molar-refractivity contribution in [2.75, 3.05) is 5.32 Å². The van der Waals surface area contributed by atoms with E-state index in [1.54, 1.807) is 36.9 Å². The van der Waals surface area contributed by atoms with E-state index in [0.29, 0.717) is 28.4 Å². The van der Waals surface area contributed by atoms with Gasteiger partial charge in [-0.05, 0) is 69.3 Å². The van der Waals surface area contributed by atoms with Crippen LogP contribution in [0.4, 0.5) is 20.3 Å². The van der Waals surface area contributed by atoms with Gasteiger partial charge in [0.25, 0.3) is 6.43 Å². The van der Waals surface area contributed by atoms with Gasteiger partial charge in [0.2, 0.25) is 0 Å². The first-order chi connectivity index (χ1) is 16.8. The highest BCUT2D eigenvalue weighted by atomic mass is 19.3. The number of aliphatic hydroxyl groups excluding tert-OH is 1. The van der Waals surface area contributed by atoms with E-state index in [1.165, 1.54) is 10.7 Å². The van der Waals surface area contributed by atoms with Crippen molar-refractivity contribution in [2.45, 2.75) is 33.3 Å². The number of halogens is 2. The second-order valence-electron chi connectivity index (χ2n) is 8.18. The van der Waals surface area contributed by atoms with Gasteiger partial charge < -0.3 is 10.4 Å². The molecule has 1 aromatic carbocycles. The molecule has 178 valence electrons. The summed E-state index contributed by atoms with van der Waals surface area (Å²) in [7, 11) is 0. The molecule has 5 aromatic rings. The van der Waals surface area contributed by atoms with Gasteiger partial charge in [-0.3, -0.25) is 4.57 Å². The summed E-state index contributed by atoms with van der Waals surface area (Å²) in [6.07, 6.45) is -1.95. The SMILES string of the molecule is Cc1ccc(Nc2ccc3c(c2)ncn3-c2ccc([C@H](C)O)c(-n3nc(C(F)F)cc3C)n2)nn1. The van der Waals surface area contributed by atoms with Crippen molar-refractivity contribution < 1.29 is 13.9 Å². The molecule has 0 radical (unpaired) electrons. The van der Waals surface area contributed by atoms with Crippen LogP contribution in [0.3, 0.4) is 0 Å². The van der Waals surface area contributed by atoms with E-state index in [0.717, 1.165) is 16.9 Å². The minimum Gasteiger partial charge on any atom is -0.389 e. The Kier molecular flexibility index (Phi) is 5.69. The number of aryl methyl sites for hydroxylation is 2. The number of hydrogen-bond acceptors (Lipinski definition) is 7. The fraction of sp³-hybridized carbons (Fsp3) is 0.208. The number of hydrogen-bond donors (Lipinski definition) is 2. The third-order valence-electron chi connectivity index (χ3n) is 5.54. The number of alkyl halides is 2. The minimum atomic E-state index is -2.71. The molecule has 35 heavy (non-hydrogen) atoms. The largest absolute Gasteiger partial charge is 0.389 e. The van der Waals surface area contributed by atoms with E-state index in [9.17, 15) is 13.9 Å². The fourth-order valence-corrected chi connectivity index (χ4v) is 3.78. The normalized spacial score (nSPS) is 12.4. The van der Waals surface area contributed by atoms with Gasteiger partial charge in [-0.1, -0.05) is 0 Å². The van der Waals surface area contributed by atoms with E-state index < -0.39 is 12.5 Å². The summed E-state index contributed by atoms with van der Waals surface area (Å²) in [4.78, 5) is 9.17. The molecule has 11 heteroatoms. The predicted octanol–water partition coefficient (Wildman–Crippen LogP) is 4.75. The summed E-state index contributed by atoms with van der Waals surface area (Å²) in [5, 5.41) is 25.6. The lowest BCUT2D eigenvalue weighted by molar-refractivity contribution is 0.145. The Morgan fingerprint density at radius 1 is 1.00 bits per heavy atom. The van der Waals surface area contributed by atoms with Crippen molar-refractivity contribution >= 4 is 22.5 Å². The standard InChI is InChI=1S/C24H22F2N8O/c1-13-4-8-21(31-30-13)28-16-5-7-20-18(11-16)27-12-33(20)22-9-6-17(15(3)35)24(29-22)34-14(2)10-19(32-34)23(25)26/h4-12,15,23,35H,1-3H3,(H,28,31)/t15-/m0/s1. The van der Waals surface area contributed by atoms with Gasteiger partial charge in [-0.2, -0.15) is 10.2 Å². The topological polar surface area (TPSA) is 107 Å². The van der Waals surface area contributed by atoms with Crippen LogP contribution in [0.1, 0.15) is 42.1 Å². The van der Waals surface area contributed by atoms with Crippen LogP contribution in [0, 0.1) is 13.8 Å². The first kappa shape index (κ1) is 22.5. The number of fused-ring (bicyclic) bond motifs is 1. The number of nitrogens with zero attached hydrogens (tertiary/aromatic N) is 7. The van der Waals surface area contributed by atoms with Crippen molar-refractivity contribution in [1.29, 1.82) is 0 Å². The zero-order valence-electron chi connectivity index (χ0n) is 19.2. The number of imidazole rings is 1. The number of pyridine rings is 1. The number of rotatable bonds is 6. The fourth-order valence-electron chi connectivity index (χ4n) is 3.78. The average Bonchev–Trinajstić information content (AvgIpc) is 3.43. The predicted molar refractivity (Wildman–Crippen MR) is 126 cm³/mol. The monoisotopic (exact) mass is 476 g/mol. The minimum absolute atomic E-state index is 0.278. The van der Waals surface area contributed by atoms with Crippen molar-refractivity contribution in [3.05, 3.63) is 77.5 Å². The summed E-state index contributed by atoms with van der Waals surface area (Å²) >= 11 is 0. The van der Waals surface area contributed by atoms with Crippen molar-refractivity contribution in [2.24, 2.45) is 0 Å². The van der Waals surface area contributed by atoms with Gasteiger partial charge in [-0.15, -0.1) is 5.10 Å². The lowest BCUT2D eigenvalue weighted by Crippen LogP contribution is -2.11. The molecule has 2 N–H and O–H groups in total. The molecule has 0 saturated heterocycles. The zero-order valence-corrected chi connectivity index (χ0v) is 19.2. The Morgan fingerprint density at radius 3 is 2.51 bits per heavy atom. The van der Waals surface area contributed by atoms with Crippen LogP contribution in [0.15, 0.2) is 54.9 Å². The highest BCUT2D eigenvalue weighted by Gasteiger charge is 2.20. The van der Waals surface area contributed by atoms with Crippen LogP contribution in [0.5, 0.6) is 0 Å². The van der Waals surface area contributed by atoms with Gasteiger partial charge in [0, 0.05) is 16.9 Å². The maximum absolute atomic E-state index is 13.2. The molecule has 0 spiro atoms. The molecule has 0 unspecified atom stereocenters. The van der Waals surface area contributed by atoms with Crippen LogP contribution in [0.2, 0.25) is 0 Å². The Hall–Kier alpha value is -4.25. The van der Waals surface area contributed by atoms with Crippen molar-refractivity contribution in [3.63, 3.8) is 0 Å². The van der Waals surface area contributed by atoms with E-state index in [-0.39, 0.29) is 11.5 Å². The summed E-state index contributed by atoms with van der Waals surface area (Å²) in [5.74, 6) is 1.40. The number of anilines is 2. The van der Waals surface area contributed by atoms with Crippen LogP contribution in [0.25, 0.3) is 22.7 Å². The maximum Gasteiger partial charge on any atom is 0.282 e. The average molecular weight is 476 g/mol. The smallest absolute Gasteiger partial charge is 0.282 e. The number of nitrogens with one attached hydrogen (secondary N) is 1. The molecule has 0 aliphatic rings. The molecule has 0 fully saturated rings.